The number of amides is 1. The van der Waals surface area contributed by atoms with E-state index in [4.69, 9.17) is 11.6 Å². The number of benzene rings is 1. The Labute approximate surface area is 102 Å². The number of anilines is 1. The van der Waals surface area contributed by atoms with Crippen molar-refractivity contribution in [1.29, 1.82) is 0 Å². The highest BCUT2D eigenvalue weighted by molar-refractivity contribution is 9.10. The Balaban J connectivity index is 2.22. The van der Waals surface area contributed by atoms with Crippen LogP contribution in [0.2, 0.25) is 5.02 Å². The molecule has 1 atom stereocenters. The fourth-order valence-corrected chi connectivity index (χ4v) is 2.41. The summed E-state index contributed by atoms with van der Waals surface area (Å²) in [4.78, 5) is 13.6. The molecule has 0 aliphatic carbocycles. The molecule has 0 radical (unpaired) electrons. The molecule has 1 heterocycles. The lowest BCUT2D eigenvalue weighted by Crippen LogP contribution is -2.41. The van der Waals surface area contributed by atoms with Gasteiger partial charge in [-0.05, 0) is 37.1 Å². The molecule has 0 bridgehead atoms. The minimum atomic E-state index is -0.0399. The normalized spacial score (nSPS) is 21.9. The molecule has 0 aromatic heterocycles. The zero-order valence-electron chi connectivity index (χ0n) is 8.12. The van der Waals surface area contributed by atoms with E-state index in [0.29, 0.717) is 5.02 Å². The Morgan fingerprint density at radius 2 is 2.00 bits per heavy atom. The number of rotatable bonds is 1. The lowest BCUT2D eigenvalue weighted by atomic mass is 10.1. The molecule has 1 fully saturated rings. The van der Waals surface area contributed by atoms with Crippen LogP contribution in [0.3, 0.4) is 0 Å². The second-order valence-corrected chi connectivity index (χ2v) is 5.12. The molecule has 15 heavy (non-hydrogen) atoms. The number of nitrogens with zero attached hydrogens (tertiary/aromatic N) is 1. The molecular formula is C11H11BrClNO. The van der Waals surface area contributed by atoms with Crippen LogP contribution >= 0.6 is 27.5 Å². The number of alkyl halides is 1. The molecule has 1 aliphatic heterocycles. The van der Waals surface area contributed by atoms with Gasteiger partial charge in [0.2, 0.25) is 5.91 Å². The summed E-state index contributed by atoms with van der Waals surface area (Å²) in [6, 6.07) is 7.38. The fourth-order valence-electron chi connectivity index (χ4n) is 1.71. The highest BCUT2D eigenvalue weighted by Crippen LogP contribution is 2.25. The number of piperidine rings is 1. The molecule has 1 aromatic carbocycles. The van der Waals surface area contributed by atoms with Gasteiger partial charge in [-0.2, -0.15) is 0 Å². The van der Waals surface area contributed by atoms with Crippen LogP contribution in [0, 0.1) is 0 Å². The summed E-state index contributed by atoms with van der Waals surface area (Å²) >= 11 is 9.19. The second kappa shape index (κ2) is 4.54. The topological polar surface area (TPSA) is 20.3 Å². The maximum atomic E-state index is 11.9. The van der Waals surface area contributed by atoms with E-state index in [9.17, 15) is 4.79 Å². The van der Waals surface area contributed by atoms with Crippen molar-refractivity contribution in [1.82, 2.24) is 0 Å². The first kappa shape index (κ1) is 11.0. The van der Waals surface area contributed by atoms with Crippen molar-refractivity contribution in [3.8, 4) is 0 Å². The van der Waals surface area contributed by atoms with Crippen LogP contribution in [0.4, 0.5) is 5.69 Å². The van der Waals surface area contributed by atoms with Crippen molar-refractivity contribution in [2.75, 3.05) is 11.4 Å². The van der Waals surface area contributed by atoms with Crippen LogP contribution in [0.15, 0.2) is 24.3 Å². The van der Waals surface area contributed by atoms with E-state index in [-0.39, 0.29) is 10.7 Å². The summed E-state index contributed by atoms with van der Waals surface area (Å²) < 4.78 is 0. The van der Waals surface area contributed by atoms with Crippen molar-refractivity contribution in [3.63, 3.8) is 0 Å². The molecule has 1 unspecified atom stereocenters. The number of carbonyl (C=O) groups excluding carboxylic acids is 1. The molecule has 0 spiro atoms. The smallest absolute Gasteiger partial charge is 0.240 e. The van der Waals surface area contributed by atoms with E-state index in [1.54, 1.807) is 4.90 Å². The predicted octanol–water partition coefficient (Wildman–Crippen LogP) is 3.23. The standard InChI is InChI=1S/C11H11BrClNO/c12-10-2-1-7-14(11(10)15)9-5-3-8(13)4-6-9/h3-6,10H,1-2,7H2. The van der Waals surface area contributed by atoms with Gasteiger partial charge in [-0.1, -0.05) is 27.5 Å². The van der Waals surface area contributed by atoms with Gasteiger partial charge in [-0.25, -0.2) is 0 Å². The third kappa shape index (κ3) is 2.34. The maximum Gasteiger partial charge on any atom is 0.240 e. The van der Waals surface area contributed by atoms with Crippen LogP contribution in [0.1, 0.15) is 12.8 Å². The van der Waals surface area contributed by atoms with E-state index in [2.05, 4.69) is 15.9 Å². The van der Waals surface area contributed by atoms with Crippen LogP contribution in [0.25, 0.3) is 0 Å². The van der Waals surface area contributed by atoms with Crippen molar-refractivity contribution in [2.24, 2.45) is 0 Å². The van der Waals surface area contributed by atoms with Gasteiger partial charge in [0.25, 0.3) is 0 Å². The van der Waals surface area contributed by atoms with Gasteiger partial charge >= 0.3 is 0 Å². The third-order valence-corrected chi connectivity index (χ3v) is 3.61. The van der Waals surface area contributed by atoms with Crippen LogP contribution < -0.4 is 4.90 Å². The van der Waals surface area contributed by atoms with Gasteiger partial charge in [-0.3, -0.25) is 4.79 Å². The van der Waals surface area contributed by atoms with Crippen molar-refractivity contribution >= 4 is 39.1 Å². The number of hydrogen-bond donors (Lipinski definition) is 0. The van der Waals surface area contributed by atoms with E-state index in [0.717, 1.165) is 25.1 Å². The maximum absolute atomic E-state index is 11.9. The number of halogens is 2. The molecule has 80 valence electrons. The van der Waals surface area contributed by atoms with Crippen LogP contribution in [-0.2, 0) is 4.79 Å². The van der Waals surface area contributed by atoms with Crippen LogP contribution in [-0.4, -0.2) is 17.3 Å². The Morgan fingerprint density at radius 3 is 2.67 bits per heavy atom. The van der Waals surface area contributed by atoms with Crippen LogP contribution in [0.5, 0.6) is 0 Å². The summed E-state index contributed by atoms with van der Waals surface area (Å²) in [6.45, 7) is 0.794. The monoisotopic (exact) mass is 287 g/mol. The molecule has 1 aromatic rings. The van der Waals surface area contributed by atoms with Crippen molar-refractivity contribution in [2.45, 2.75) is 17.7 Å². The molecule has 1 saturated heterocycles. The Hall–Kier alpha value is -0.540. The first-order valence-corrected chi connectivity index (χ1v) is 6.19. The van der Waals surface area contributed by atoms with Gasteiger partial charge in [-0.15, -0.1) is 0 Å². The minimum absolute atomic E-state index is 0.0399. The van der Waals surface area contributed by atoms with Gasteiger partial charge < -0.3 is 4.90 Å². The van der Waals surface area contributed by atoms with E-state index in [1.807, 2.05) is 24.3 Å². The van der Waals surface area contributed by atoms with Crippen molar-refractivity contribution in [3.05, 3.63) is 29.3 Å². The van der Waals surface area contributed by atoms with Gasteiger partial charge in [0.1, 0.15) is 0 Å². The summed E-state index contributed by atoms with van der Waals surface area (Å²) in [7, 11) is 0. The van der Waals surface area contributed by atoms with E-state index < -0.39 is 0 Å². The Kier molecular flexibility index (Phi) is 3.32. The van der Waals surface area contributed by atoms with E-state index >= 15 is 0 Å². The van der Waals surface area contributed by atoms with Gasteiger partial charge in [0.15, 0.2) is 0 Å². The lowest BCUT2D eigenvalue weighted by Gasteiger charge is -2.29. The fraction of sp³-hybridized carbons (Fsp3) is 0.364. The highest BCUT2D eigenvalue weighted by Gasteiger charge is 2.27. The first-order chi connectivity index (χ1) is 7.18. The molecule has 4 heteroatoms. The summed E-state index contributed by atoms with van der Waals surface area (Å²) in [6.07, 6.45) is 1.95. The quantitative estimate of drug-likeness (QED) is 0.727. The van der Waals surface area contributed by atoms with Gasteiger partial charge in [0, 0.05) is 17.3 Å². The average molecular weight is 289 g/mol. The zero-order valence-corrected chi connectivity index (χ0v) is 10.5. The third-order valence-electron chi connectivity index (χ3n) is 2.51. The minimum Gasteiger partial charge on any atom is -0.311 e. The second-order valence-electron chi connectivity index (χ2n) is 3.58. The first-order valence-electron chi connectivity index (χ1n) is 4.89. The number of hydrogen-bond acceptors (Lipinski definition) is 1. The molecule has 1 amide bonds. The summed E-state index contributed by atoms with van der Waals surface area (Å²) in [5.41, 5.74) is 0.925. The predicted molar refractivity (Wildman–Crippen MR) is 65.8 cm³/mol. The Morgan fingerprint density at radius 1 is 1.33 bits per heavy atom. The molecule has 1 aliphatic rings. The van der Waals surface area contributed by atoms with E-state index in [1.165, 1.54) is 0 Å². The number of carbonyl (C=O) groups is 1. The Bertz CT molecular complexity index is 365. The molecular weight excluding hydrogens is 277 g/mol. The largest absolute Gasteiger partial charge is 0.311 e. The van der Waals surface area contributed by atoms with Gasteiger partial charge in [0.05, 0.1) is 4.83 Å². The SMILES string of the molecule is O=C1C(Br)CCCN1c1ccc(Cl)cc1. The zero-order chi connectivity index (χ0) is 10.8. The summed E-state index contributed by atoms with van der Waals surface area (Å²) in [5.74, 6) is 0.142. The molecule has 0 N–H and O–H groups in total. The summed E-state index contributed by atoms with van der Waals surface area (Å²) in [5, 5.41) is 0.693. The highest BCUT2D eigenvalue weighted by atomic mass is 79.9. The molecule has 2 rings (SSSR count). The molecule has 2 nitrogen and oxygen atoms in total. The lowest BCUT2D eigenvalue weighted by molar-refractivity contribution is -0.118. The molecule has 0 saturated carbocycles. The average Bonchev–Trinajstić information content (AvgIpc) is 2.24. The van der Waals surface area contributed by atoms with Crippen molar-refractivity contribution < 1.29 is 4.79 Å².